The van der Waals surface area contributed by atoms with Crippen molar-refractivity contribution < 1.29 is 8.81 Å². The third-order valence-electron chi connectivity index (χ3n) is 3.50. The number of hydrogen-bond donors (Lipinski definition) is 3. The highest BCUT2D eigenvalue weighted by atomic mass is 19.1. The van der Waals surface area contributed by atoms with Crippen LogP contribution < -0.4 is 17.0 Å². The van der Waals surface area contributed by atoms with E-state index >= 15 is 0 Å². The number of nitrogens with two attached hydrogens (primary N) is 2. The SMILES string of the molecule is Cc1ccc2oc(C(NN)c3cc(F)ccc3N)cc2c1. The van der Waals surface area contributed by atoms with Crippen LogP contribution in [0.25, 0.3) is 11.0 Å². The van der Waals surface area contributed by atoms with Crippen molar-refractivity contribution in [2.75, 3.05) is 5.73 Å². The number of anilines is 1. The average molecular weight is 285 g/mol. The lowest BCUT2D eigenvalue weighted by Crippen LogP contribution is -2.29. The molecule has 1 atom stereocenters. The molecule has 1 unspecified atom stereocenters. The summed E-state index contributed by atoms with van der Waals surface area (Å²) in [5.41, 5.74) is 11.5. The molecule has 0 fully saturated rings. The number of nitrogens with one attached hydrogen (secondary N) is 1. The molecule has 0 saturated heterocycles. The molecule has 0 saturated carbocycles. The second-order valence-electron chi connectivity index (χ2n) is 5.06. The number of rotatable bonds is 3. The van der Waals surface area contributed by atoms with Crippen LogP contribution in [0.3, 0.4) is 0 Å². The molecular weight excluding hydrogens is 269 g/mol. The standard InChI is InChI=1S/C16H16FN3O/c1-9-2-5-14-10(6-9)7-15(21-14)16(20-19)12-8-11(17)3-4-13(12)18/h2-8,16,20H,18-19H2,1H3. The molecule has 0 aliphatic carbocycles. The minimum Gasteiger partial charge on any atom is -0.459 e. The van der Waals surface area contributed by atoms with Crippen LogP contribution in [0.1, 0.15) is 22.9 Å². The van der Waals surface area contributed by atoms with Gasteiger partial charge >= 0.3 is 0 Å². The average Bonchev–Trinajstić information content (AvgIpc) is 2.86. The van der Waals surface area contributed by atoms with E-state index in [0.717, 1.165) is 16.5 Å². The Bertz CT molecular complexity index is 797. The third kappa shape index (κ3) is 2.49. The maximum Gasteiger partial charge on any atom is 0.134 e. The molecular formula is C16H16FN3O. The molecule has 3 aromatic rings. The van der Waals surface area contributed by atoms with E-state index in [-0.39, 0.29) is 5.82 Å². The summed E-state index contributed by atoms with van der Waals surface area (Å²) in [6.07, 6.45) is 0. The Balaban J connectivity index is 2.11. The van der Waals surface area contributed by atoms with E-state index in [1.807, 2.05) is 31.2 Å². The van der Waals surface area contributed by atoms with Gasteiger partial charge in [0.15, 0.2) is 0 Å². The number of fused-ring (bicyclic) bond motifs is 1. The number of hydrazine groups is 1. The monoisotopic (exact) mass is 285 g/mol. The van der Waals surface area contributed by atoms with E-state index in [2.05, 4.69) is 5.43 Å². The molecule has 0 spiro atoms. The van der Waals surface area contributed by atoms with Gasteiger partial charge in [-0.25, -0.2) is 9.82 Å². The highest BCUT2D eigenvalue weighted by Crippen LogP contribution is 2.31. The lowest BCUT2D eigenvalue weighted by molar-refractivity contribution is 0.476. The Kier molecular flexibility index (Phi) is 3.37. The summed E-state index contributed by atoms with van der Waals surface area (Å²) in [6, 6.07) is 11.5. The van der Waals surface area contributed by atoms with Crippen LogP contribution in [0.15, 0.2) is 46.9 Å². The fraction of sp³-hybridized carbons (Fsp3) is 0.125. The van der Waals surface area contributed by atoms with E-state index < -0.39 is 6.04 Å². The van der Waals surface area contributed by atoms with E-state index in [0.29, 0.717) is 17.0 Å². The van der Waals surface area contributed by atoms with Crippen molar-refractivity contribution in [2.24, 2.45) is 5.84 Å². The Morgan fingerprint density at radius 2 is 1.95 bits per heavy atom. The second-order valence-corrected chi connectivity index (χ2v) is 5.06. The largest absolute Gasteiger partial charge is 0.459 e. The second kappa shape index (κ2) is 5.20. The van der Waals surface area contributed by atoms with E-state index in [9.17, 15) is 4.39 Å². The summed E-state index contributed by atoms with van der Waals surface area (Å²) in [5, 5.41) is 0.972. The lowest BCUT2D eigenvalue weighted by atomic mass is 10.0. The first kappa shape index (κ1) is 13.6. The maximum atomic E-state index is 13.5. The topological polar surface area (TPSA) is 77.2 Å². The quantitative estimate of drug-likeness (QED) is 0.393. The van der Waals surface area contributed by atoms with Crippen molar-refractivity contribution in [2.45, 2.75) is 13.0 Å². The molecule has 1 aromatic heterocycles. The third-order valence-corrected chi connectivity index (χ3v) is 3.50. The molecule has 0 bridgehead atoms. The van der Waals surface area contributed by atoms with Crippen LogP contribution in [0.2, 0.25) is 0 Å². The summed E-state index contributed by atoms with van der Waals surface area (Å²) in [7, 11) is 0. The van der Waals surface area contributed by atoms with Crippen LogP contribution in [-0.4, -0.2) is 0 Å². The van der Waals surface area contributed by atoms with Crippen molar-refractivity contribution in [1.29, 1.82) is 0 Å². The molecule has 4 nitrogen and oxygen atoms in total. The van der Waals surface area contributed by atoms with Crippen molar-refractivity contribution in [3.63, 3.8) is 0 Å². The first-order valence-corrected chi connectivity index (χ1v) is 6.59. The van der Waals surface area contributed by atoms with Gasteiger partial charge in [0, 0.05) is 16.6 Å². The normalized spacial score (nSPS) is 12.7. The molecule has 2 aromatic carbocycles. The van der Waals surface area contributed by atoms with Gasteiger partial charge in [0.05, 0.1) is 0 Å². The predicted molar refractivity (Wildman–Crippen MR) is 80.9 cm³/mol. The number of benzene rings is 2. The Labute approximate surface area is 121 Å². The van der Waals surface area contributed by atoms with Crippen LogP contribution in [0, 0.1) is 12.7 Å². The van der Waals surface area contributed by atoms with Crippen LogP contribution in [0.5, 0.6) is 0 Å². The molecule has 3 rings (SSSR count). The molecule has 21 heavy (non-hydrogen) atoms. The van der Waals surface area contributed by atoms with Crippen LogP contribution in [0.4, 0.5) is 10.1 Å². The molecule has 0 aliphatic rings. The first-order valence-electron chi connectivity index (χ1n) is 6.59. The first-order chi connectivity index (χ1) is 10.1. The summed E-state index contributed by atoms with van der Waals surface area (Å²) >= 11 is 0. The number of aryl methyl sites for hydroxylation is 1. The van der Waals surface area contributed by atoms with Gasteiger partial charge in [-0.05, 0) is 43.3 Å². The Morgan fingerprint density at radius 3 is 2.71 bits per heavy atom. The lowest BCUT2D eigenvalue weighted by Gasteiger charge is -2.16. The molecule has 5 heteroatoms. The summed E-state index contributed by atoms with van der Waals surface area (Å²) < 4.78 is 19.3. The summed E-state index contributed by atoms with van der Waals surface area (Å²) in [5.74, 6) is 5.84. The number of hydrogen-bond acceptors (Lipinski definition) is 4. The molecule has 1 heterocycles. The summed E-state index contributed by atoms with van der Waals surface area (Å²) in [6.45, 7) is 2.01. The number of nitrogen functional groups attached to an aromatic ring is 1. The zero-order valence-electron chi connectivity index (χ0n) is 11.6. The molecule has 0 aliphatic heterocycles. The maximum absolute atomic E-state index is 13.5. The zero-order valence-corrected chi connectivity index (χ0v) is 11.6. The van der Waals surface area contributed by atoms with Gasteiger partial charge in [-0.3, -0.25) is 5.84 Å². The predicted octanol–water partition coefficient (Wildman–Crippen LogP) is 3.02. The zero-order chi connectivity index (χ0) is 15.0. The fourth-order valence-corrected chi connectivity index (χ4v) is 2.45. The number of halogens is 1. The number of furan rings is 1. The van der Waals surface area contributed by atoms with Crippen molar-refractivity contribution >= 4 is 16.7 Å². The van der Waals surface area contributed by atoms with Crippen LogP contribution in [-0.2, 0) is 0 Å². The molecule has 0 radical (unpaired) electrons. The summed E-state index contributed by atoms with van der Waals surface area (Å²) in [4.78, 5) is 0. The van der Waals surface area contributed by atoms with Crippen molar-refractivity contribution in [3.8, 4) is 0 Å². The van der Waals surface area contributed by atoms with Gasteiger partial charge in [0.1, 0.15) is 23.2 Å². The Hall–Kier alpha value is -2.37. The highest BCUT2D eigenvalue weighted by molar-refractivity contribution is 5.79. The minimum absolute atomic E-state index is 0.369. The molecule has 108 valence electrons. The highest BCUT2D eigenvalue weighted by Gasteiger charge is 2.20. The van der Waals surface area contributed by atoms with Gasteiger partial charge in [-0.15, -0.1) is 0 Å². The van der Waals surface area contributed by atoms with E-state index in [1.54, 1.807) is 0 Å². The van der Waals surface area contributed by atoms with Gasteiger partial charge in [-0.2, -0.15) is 0 Å². The van der Waals surface area contributed by atoms with E-state index in [4.69, 9.17) is 16.0 Å². The smallest absolute Gasteiger partial charge is 0.134 e. The van der Waals surface area contributed by atoms with Gasteiger partial charge in [0.2, 0.25) is 0 Å². The molecule has 0 amide bonds. The van der Waals surface area contributed by atoms with Gasteiger partial charge in [-0.1, -0.05) is 11.6 Å². The van der Waals surface area contributed by atoms with Crippen molar-refractivity contribution in [3.05, 3.63) is 65.2 Å². The van der Waals surface area contributed by atoms with Gasteiger partial charge in [0.25, 0.3) is 0 Å². The van der Waals surface area contributed by atoms with Crippen molar-refractivity contribution in [1.82, 2.24) is 5.43 Å². The fourth-order valence-electron chi connectivity index (χ4n) is 2.45. The minimum atomic E-state index is -0.506. The van der Waals surface area contributed by atoms with Gasteiger partial charge < -0.3 is 10.2 Å². The molecule has 5 N–H and O–H groups in total. The Morgan fingerprint density at radius 1 is 1.14 bits per heavy atom. The van der Waals surface area contributed by atoms with E-state index in [1.165, 1.54) is 18.2 Å². The van der Waals surface area contributed by atoms with Crippen LogP contribution >= 0.6 is 0 Å².